The molecule has 2 aliphatic rings. The Morgan fingerprint density at radius 1 is 0.735 bits per heavy atom. The van der Waals surface area contributed by atoms with Gasteiger partial charge in [0.2, 0.25) is 0 Å². The van der Waals surface area contributed by atoms with Crippen LogP contribution in [-0.4, -0.2) is 18.3 Å². The lowest BCUT2D eigenvalue weighted by Gasteiger charge is -2.42. The normalized spacial score (nSPS) is 22.4. The molecule has 3 nitrogen and oxygen atoms in total. The SMILES string of the molecule is CC(C)(C)c1ccc(B2OC(C)(C)C(C)(C)O2)c(Nc2ccc3c(c2)C(C)(C)CCC3(C)C)c1. The molecule has 4 heteroatoms. The average Bonchev–Trinajstić information content (AvgIpc) is 2.92. The number of hydrogen-bond donors (Lipinski definition) is 1. The van der Waals surface area contributed by atoms with Crippen molar-refractivity contribution < 1.29 is 9.31 Å². The van der Waals surface area contributed by atoms with Crippen LogP contribution in [0.5, 0.6) is 0 Å². The molecule has 0 bridgehead atoms. The molecule has 184 valence electrons. The second-order valence-electron chi connectivity index (χ2n) is 13.8. The van der Waals surface area contributed by atoms with E-state index in [9.17, 15) is 0 Å². The number of nitrogens with one attached hydrogen (secondary N) is 1. The van der Waals surface area contributed by atoms with Crippen LogP contribution in [0.1, 0.15) is 106 Å². The summed E-state index contributed by atoms with van der Waals surface area (Å²) in [7, 11) is -0.408. The van der Waals surface area contributed by atoms with Crippen LogP contribution in [0.3, 0.4) is 0 Å². The van der Waals surface area contributed by atoms with Gasteiger partial charge < -0.3 is 14.6 Å². The van der Waals surface area contributed by atoms with Gasteiger partial charge in [-0.15, -0.1) is 0 Å². The smallest absolute Gasteiger partial charge is 0.399 e. The van der Waals surface area contributed by atoms with E-state index >= 15 is 0 Å². The maximum Gasteiger partial charge on any atom is 0.496 e. The molecule has 1 aliphatic heterocycles. The second kappa shape index (κ2) is 7.86. The van der Waals surface area contributed by atoms with Gasteiger partial charge >= 0.3 is 7.12 Å². The Morgan fingerprint density at radius 2 is 1.29 bits per heavy atom. The Bertz CT molecular complexity index is 1080. The van der Waals surface area contributed by atoms with Gasteiger partial charge in [0.1, 0.15) is 0 Å². The number of benzene rings is 2. The van der Waals surface area contributed by atoms with E-state index in [2.05, 4.69) is 118 Å². The largest absolute Gasteiger partial charge is 0.496 e. The maximum absolute atomic E-state index is 6.44. The average molecular weight is 461 g/mol. The van der Waals surface area contributed by atoms with Crippen LogP contribution in [0.4, 0.5) is 11.4 Å². The molecule has 0 saturated carbocycles. The van der Waals surface area contributed by atoms with Crippen LogP contribution in [0.15, 0.2) is 36.4 Å². The number of fused-ring (bicyclic) bond motifs is 1. The van der Waals surface area contributed by atoms with Crippen molar-refractivity contribution in [1.82, 2.24) is 0 Å². The first-order valence-corrected chi connectivity index (χ1v) is 12.9. The fraction of sp³-hybridized carbons (Fsp3) is 0.600. The molecule has 4 rings (SSSR count). The highest BCUT2D eigenvalue weighted by Crippen LogP contribution is 2.46. The summed E-state index contributed by atoms with van der Waals surface area (Å²) in [6.45, 7) is 24.7. The van der Waals surface area contributed by atoms with Crippen molar-refractivity contribution in [3.63, 3.8) is 0 Å². The second-order valence-corrected chi connectivity index (χ2v) is 13.8. The quantitative estimate of drug-likeness (QED) is 0.484. The lowest BCUT2D eigenvalue weighted by molar-refractivity contribution is 0.00578. The van der Waals surface area contributed by atoms with Crippen molar-refractivity contribution in [2.24, 2.45) is 0 Å². The van der Waals surface area contributed by atoms with Crippen LogP contribution in [0, 0.1) is 0 Å². The third-order valence-corrected chi connectivity index (χ3v) is 8.56. The summed E-state index contributed by atoms with van der Waals surface area (Å²) < 4.78 is 12.9. The van der Waals surface area contributed by atoms with Gasteiger partial charge in [0, 0.05) is 16.8 Å². The summed E-state index contributed by atoms with van der Waals surface area (Å²) in [5.41, 5.74) is 7.12. The predicted octanol–water partition coefficient (Wildman–Crippen LogP) is 7.38. The summed E-state index contributed by atoms with van der Waals surface area (Å²) in [5.74, 6) is 0. The van der Waals surface area contributed by atoms with Crippen LogP contribution in [0.25, 0.3) is 0 Å². The topological polar surface area (TPSA) is 30.5 Å². The van der Waals surface area contributed by atoms with E-state index in [1.807, 2.05) is 0 Å². The van der Waals surface area contributed by atoms with Gasteiger partial charge in [-0.05, 0) is 91.7 Å². The fourth-order valence-corrected chi connectivity index (χ4v) is 5.13. The Hall–Kier alpha value is -1.78. The summed E-state index contributed by atoms with van der Waals surface area (Å²) in [5, 5.41) is 3.77. The minimum atomic E-state index is -0.408. The molecule has 1 aliphatic carbocycles. The molecule has 0 spiro atoms. The standard InChI is InChI=1S/C30H44BNO2/c1-26(2,3)20-12-15-24(31-33-29(8,9)30(10,11)34-31)25(18-20)32-21-13-14-22-23(19-21)28(6,7)17-16-27(22,4)5/h12-15,18-19,32H,16-17H2,1-11H3. The first-order chi connectivity index (χ1) is 15.4. The third-order valence-electron chi connectivity index (χ3n) is 8.56. The predicted molar refractivity (Wildman–Crippen MR) is 146 cm³/mol. The molecule has 2 aromatic carbocycles. The van der Waals surface area contributed by atoms with E-state index in [0.717, 1.165) is 16.8 Å². The summed E-state index contributed by atoms with van der Waals surface area (Å²) in [6.07, 6.45) is 2.43. The molecule has 2 aromatic rings. The summed E-state index contributed by atoms with van der Waals surface area (Å²) >= 11 is 0. The van der Waals surface area contributed by atoms with Gasteiger partial charge in [-0.25, -0.2) is 0 Å². The van der Waals surface area contributed by atoms with E-state index in [-0.39, 0.29) is 27.4 Å². The molecular formula is C30H44BNO2. The van der Waals surface area contributed by atoms with E-state index < -0.39 is 7.12 Å². The zero-order valence-corrected chi connectivity index (χ0v) is 23.3. The lowest BCUT2D eigenvalue weighted by Crippen LogP contribution is -2.41. The highest BCUT2D eigenvalue weighted by molar-refractivity contribution is 6.64. The lowest BCUT2D eigenvalue weighted by atomic mass is 9.63. The molecule has 0 unspecified atom stereocenters. The van der Waals surface area contributed by atoms with E-state index in [4.69, 9.17) is 9.31 Å². The van der Waals surface area contributed by atoms with Crippen molar-refractivity contribution in [1.29, 1.82) is 0 Å². The molecule has 1 N–H and O–H groups in total. The number of hydrogen-bond acceptors (Lipinski definition) is 3. The molecule has 1 heterocycles. The first-order valence-electron chi connectivity index (χ1n) is 12.9. The molecule has 0 radical (unpaired) electrons. The highest BCUT2D eigenvalue weighted by atomic mass is 16.7. The monoisotopic (exact) mass is 461 g/mol. The highest BCUT2D eigenvalue weighted by Gasteiger charge is 2.52. The van der Waals surface area contributed by atoms with Crippen LogP contribution in [-0.2, 0) is 25.6 Å². The zero-order chi connectivity index (χ0) is 25.3. The zero-order valence-electron chi connectivity index (χ0n) is 23.3. The Labute approximate surface area is 208 Å². The van der Waals surface area contributed by atoms with E-state index in [0.29, 0.717) is 0 Å². The molecule has 1 saturated heterocycles. The minimum absolute atomic E-state index is 0.0484. The van der Waals surface area contributed by atoms with Crippen molar-refractivity contribution in [3.8, 4) is 0 Å². The molecular weight excluding hydrogens is 417 g/mol. The number of rotatable bonds is 3. The molecule has 0 atom stereocenters. The van der Waals surface area contributed by atoms with E-state index in [1.165, 1.54) is 29.5 Å². The molecule has 34 heavy (non-hydrogen) atoms. The fourth-order valence-electron chi connectivity index (χ4n) is 5.13. The van der Waals surface area contributed by atoms with Gasteiger partial charge in [-0.2, -0.15) is 0 Å². The van der Waals surface area contributed by atoms with Gasteiger partial charge in [-0.1, -0.05) is 66.7 Å². The van der Waals surface area contributed by atoms with Crippen molar-refractivity contribution in [2.45, 2.75) is 116 Å². The van der Waals surface area contributed by atoms with Crippen LogP contribution < -0.4 is 10.8 Å². The Kier molecular flexibility index (Phi) is 5.86. The van der Waals surface area contributed by atoms with Crippen molar-refractivity contribution in [3.05, 3.63) is 53.1 Å². The van der Waals surface area contributed by atoms with Gasteiger partial charge in [0.15, 0.2) is 0 Å². The first kappa shape index (κ1) is 25.3. The van der Waals surface area contributed by atoms with Gasteiger partial charge in [0.25, 0.3) is 0 Å². The Balaban J connectivity index is 1.77. The summed E-state index contributed by atoms with van der Waals surface area (Å²) in [4.78, 5) is 0. The number of anilines is 2. The maximum atomic E-state index is 6.44. The third kappa shape index (κ3) is 4.44. The van der Waals surface area contributed by atoms with Crippen molar-refractivity contribution >= 4 is 24.0 Å². The Morgan fingerprint density at radius 3 is 1.85 bits per heavy atom. The molecule has 1 fully saturated rings. The van der Waals surface area contributed by atoms with Crippen LogP contribution in [0.2, 0.25) is 0 Å². The summed E-state index contributed by atoms with van der Waals surface area (Å²) in [6, 6.07) is 13.6. The molecule has 0 amide bonds. The van der Waals surface area contributed by atoms with Crippen LogP contribution >= 0.6 is 0 Å². The van der Waals surface area contributed by atoms with Gasteiger partial charge in [0.05, 0.1) is 11.2 Å². The van der Waals surface area contributed by atoms with Gasteiger partial charge in [-0.3, -0.25) is 0 Å². The molecule has 0 aromatic heterocycles. The van der Waals surface area contributed by atoms with E-state index in [1.54, 1.807) is 0 Å². The van der Waals surface area contributed by atoms with Crippen molar-refractivity contribution in [2.75, 3.05) is 5.32 Å². The minimum Gasteiger partial charge on any atom is -0.399 e.